The summed E-state index contributed by atoms with van der Waals surface area (Å²) in [5.74, 6) is -0.261. The van der Waals surface area contributed by atoms with Crippen molar-refractivity contribution in [3.8, 4) is 0 Å². The number of aliphatic hydroxyl groups is 8. The van der Waals surface area contributed by atoms with Crippen LogP contribution < -0.4 is 5.32 Å². The summed E-state index contributed by atoms with van der Waals surface area (Å²) < 4.78 is 22.8. The number of nitrogens with one attached hydrogen (secondary N) is 1. The van der Waals surface area contributed by atoms with Crippen LogP contribution in [0.25, 0.3) is 0 Å². The van der Waals surface area contributed by atoms with Crippen molar-refractivity contribution in [1.29, 1.82) is 0 Å². The molecule has 0 radical (unpaired) electrons. The molecule has 2 fully saturated rings. The van der Waals surface area contributed by atoms with E-state index >= 15 is 0 Å². The lowest BCUT2D eigenvalue weighted by Crippen LogP contribution is -2.65. The summed E-state index contributed by atoms with van der Waals surface area (Å²) in [6, 6.07) is -0.946. The largest absolute Gasteiger partial charge is 0.394 e. The first-order valence-corrected chi connectivity index (χ1v) is 31.0. The van der Waals surface area contributed by atoms with E-state index in [2.05, 4.69) is 104 Å². The predicted octanol–water partition coefficient (Wildman–Crippen LogP) is 11.1. The van der Waals surface area contributed by atoms with Gasteiger partial charge in [-0.15, -0.1) is 0 Å². The molecule has 14 nitrogen and oxygen atoms in total. The van der Waals surface area contributed by atoms with E-state index in [1.54, 1.807) is 6.08 Å². The molecule has 0 aromatic heterocycles. The average Bonchev–Trinajstić information content (AvgIpc) is 3.46. The van der Waals surface area contributed by atoms with Gasteiger partial charge in [-0.25, -0.2) is 0 Å². The molecule has 454 valence electrons. The topological polar surface area (TPSA) is 228 Å². The summed E-state index contributed by atoms with van der Waals surface area (Å²) in [5.41, 5.74) is 0. The van der Waals surface area contributed by atoms with Gasteiger partial charge in [-0.1, -0.05) is 214 Å². The van der Waals surface area contributed by atoms with Gasteiger partial charge in [0, 0.05) is 6.42 Å². The van der Waals surface area contributed by atoms with Crippen LogP contribution >= 0.6 is 0 Å². The smallest absolute Gasteiger partial charge is 0.220 e. The van der Waals surface area contributed by atoms with Gasteiger partial charge in [0.15, 0.2) is 12.6 Å². The van der Waals surface area contributed by atoms with Gasteiger partial charge in [0.1, 0.15) is 48.8 Å². The Balaban J connectivity index is 1.75. The summed E-state index contributed by atoms with van der Waals surface area (Å²) in [6.07, 6.45) is 51.6. The monoisotopic (exact) mass is 1110 g/mol. The molecule has 0 aromatic carbocycles. The van der Waals surface area contributed by atoms with E-state index < -0.39 is 86.8 Å². The first kappa shape index (κ1) is 72.0. The van der Waals surface area contributed by atoms with Gasteiger partial charge in [-0.3, -0.25) is 4.79 Å². The molecule has 14 heteroatoms. The highest BCUT2D eigenvalue weighted by Gasteiger charge is 2.51. The van der Waals surface area contributed by atoms with Crippen molar-refractivity contribution in [3.63, 3.8) is 0 Å². The zero-order valence-corrected chi connectivity index (χ0v) is 48.8. The second-order valence-electron chi connectivity index (χ2n) is 21.4. The molecule has 2 aliphatic heterocycles. The third-order valence-electron chi connectivity index (χ3n) is 14.5. The van der Waals surface area contributed by atoms with E-state index in [-0.39, 0.29) is 18.9 Å². The van der Waals surface area contributed by atoms with Gasteiger partial charge in [-0.2, -0.15) is 0 Å². The Hall–Kier alpha value is -3.09. The molecule has 2 heterocycles. The van der Waals surface area contributed by atoms with Crippen molar-refractivity contribution in [2.75, 3.05) is 19.8 Å². The van der Waals surface area contributed by atoms with Crippen LogP contribution in [-0.4, -0.2) is 140 Å². The highest BCUT2D eigenvalue weighted by Crippen LogP contribution is 2.30. The van der Waals surface area contributed by atoms with Crippen LogP contribution in [-0.2, 0) is 23.7 Å². The maximum Gasteiger partial charge on any atom is 0.220 e. The van der Waals surface area contributed by atoms with Crippen molar-refractivity contribution in [2.45, 2.75) is 286 Å². The maximum atomic E-state index is 13.3. The Kier molecular flexibility index (Phi) is 45.1. The maximum absolute atomic E-state index is 13.3. The number of hydrogen-bond acceptors (Lipinski definition) is 13. The second-order valence-corrected chi connectivity index (χ2v) is 21.4. The number of allylic oxidation sites excluding steroid dienone is 15. The number of aliphatic hydroxyl groups excluding tert-OH is 8. The Morgan fingerprint density at radius 3 is 1.39 bits per heavy atom. The van der Waals surface area contributed by atoms with Gasteiger partial charge < -0.3 is 65.1 Å². The first-order valence-electron chi connectivity index (χ1n) is 31.0. The van der Waals surface area contributed by atoms with Gasteiger partial charge >= 0.3 is 0 Å². The summed E-state index contributed by atoms with van der Waals surface area (Å²) in [7, 11) is 0. The summed E-state index contributed by atoms with van der Waals surface area (Å²) in [6.45, 7) is 2.65. The Morgan fingerprint density at radius 2 is 0.886 bits per heavy atom. The molecule has 2 rings (SSSR count). The molecule has 0 spiro atoms. The van der Waals surface area contributed by atoms with Crippen LogP contribution in [0.5, 0.6) is 0 Å². The van der Waals surface area contributed by atoms with Crippen LogP contribution in [0, 0.1) is 0 Å². The van der Waals surface area contributed by atoms with E-state index in [0.717, 1.165) is 83.5 Å². The number of carbonyl (C=O) groups excluding carboxylic acids is 1. The molecule has 0 aromatic rings. The lowest BCUT2D eigenvalue weighted by atomic mass is 9.97. The molecular formula is C65H111NO13. The molecule has 2 saturated heterocycles. The van der Waals surface area contributed by atoms with Crippen LogP contribution in [0.4, 0.5) is 0 Å². The molecule has 0 saturated carbocycles. The predicted molar refractivity (Wildman–Crippen MR) is 318 cm³/mol. The molecule has 79 heavy (non-hydrogen) atoms. The van der Waals surface area contributed by atoms with E-state index in [9.17, 15) is 45.6 Å². The fourth-order valence-corrected chi connectivity index (χ4v) is 9.53. The number of rotatable bonds is 48. The third-order valence-corrected chi connectivity index (χ3v) is 14.5. The molecule has 2 aliphatic rings. The molecule has 0 bridgehead atoms. The summed E-state index contributed by atoms with van der Waals surface area (Å²) >= 11 is 0. The lowest BCUT2D eigenvalue weighted by Gasteiger charge is -2.46. The Morgan fingerprint density at radius 1 is 0.468 bits per heavy atom. The van der Waals surface area contributed by atoms with Crippen molar-refractivity contribution in [1.82, 2.24) is 5.32 Å². The summed E-state index contributed by atoms with van der Waals surface area (Å²) in [4.78, 5) is 13.3. The van der Waals surface area contributed by atoms with Gasteiger partial charge in [0.25, 0.3) is 0 Å². The zero-order valence-electron chi connectivity index (χ0n) is 48.8. The fourth-order valence-electron chi connectivity index (χ4n) is 9.53. The van der Waals surface area contributed by atoms with Crippen molar-refractivity contribution >= 4 is 5.91 Å². The molecule has 9 N–H and O–H groups in total. The molecular weight excluding hydrogens is 1000 g/mol. The molecule has 12 unspecified atom stereocenters. The highest BCUT2D eigenvalue weighted by molar-refractivity contribution is 5.76. The second kappa shape index (κ2) is 49.5. The van der Waals surface area contributed by atoms with Crippen molar-refractivity contribution < 1.29 is 64.6 Å². The number of ether oxygens (including phenoxy) is 4. The number of amides is 1. The standard InChI is InChI=1S/C65H111NO13/c1-3-5-7-9-11-13-15-17-19-21-23-24-25-26-27-28-29-30-31-33-35-37-39-41-43-45-47-49-57(70)66-53(54(69)48-46-44-42-40-38-36-34-32-22-20-18-16-14-12-10-8-6-4-2)52-76-64-62(75)60(73)63(56(51-68)78-64)79-65-61(74)59(72)58(71)55(50-67)77-65/h5,7,11,13,17,19,22-24,26-27,32,38,40,46,48,53-56,58-65,67-69,71-75H,3-4,6,8-10,12,14-16,18,20-21,25,28-31,33-37,39,41-45,47,49-52H2,1-2H3,(H,66,70)/b7-5-,13-11-,19-17-,24-23-,27-26-,32-22+,40-38+,48-46+. The Bertz CT molecular complexity index is 1690. The minimum Gasteiger partial charge on any atom is -0.394 e. The van der Waals surface area contributed by atoms with E-state index in [0.29, 0.717) is 12.8 Å². The number of unbranched alkanes of at least 4 members (excludes halogenated alkanes) is 21. The number of hydrogen-bond donors (Lipinski definition) is 9. The Labute approximate surface area is 477 Å². The molecule has 0 aliphatic carbocycles. The van der Waals surface area contributed by atoms with E-state index in [4.69, 9.17) is 18.9 Å². The summed E-state index contributed by atoms with van der Waals surface area (Å²) in [5, 5.41) is 87.1. The average molecular weight is 1110 g/mol. The zero-order chi connectivity index (χ0) is 57.4. The van der Waals surface area contributed by atoms with Crippen molar-refractivity contribution in [2.24, 2.45) is 0 Å². The normalized spacial score (nSPS) is 25.1. The van der Waals surface area contributed by atoms with Crippen LogP contribution in [0.2, 0.25) is 0 Å². The van der Waals surface area contributed by atoms with Crippen LogP contribution in [0.1, 0.15) is 213 Å². The van der Waals surface area contributed by atoms with E-state index in [1.165, 1.54) is 96.3 Å². The van der Waals surface area contributed by atoms with Gasteiger partial charge in [-0.05, 0) is 89.9 Å². The first-order chi connectivity index (χ1) is 38.6. The highest BCUT2D eigenvalue weighted by atomic mass is 16.7. The minimum absolute atomic E-state index is 0.260. The van der Waals surface area contributed by atoms with Crippen molar-refractivity contribution in [3.05, 3.63) is 97.2 Å². The van der Waals surface area contributed by atoms with Crippen LogP contribution in [0.15, 0.2) is 97.2 Å². The fraction of sp³-hybridized carbons (Fsp3) is 0.738. The quantitative estimate of drug-likeness (QED) is 0.0204. The third kappa shape index (κ3) is 34.8. The minimum atomic E-state index is -1.80. The van der Waals surface area contributed by atoms with Crippen LogP contribution in [0.3, 0.4) is 0 Å². The van der Waals surface area contributed by atoms with Gasteiger partial charge in [0.2, 0.25) is 5.91 Å². The number of carbonyl (C=O) groups is 1. The lowest BCUT2D eigenvalue weighted by molar-refractivity contribution is -0.359. The molecule has 1 amide bonds. The molecule has 12 atom stereocenters. The SMILES string of the molecule is CC/C=C\C/C=C\C/C=C\C/C=C\C/C=C\CCCCCCCCCCCCCC(=O)NC(COC1OC(CO)C(OC2OC(CO)C(O)C(O)C2O)C(O)C1O)C(O)/C=C/CC/C=C/CC/C=C/CCCCCCCCCC. The van der Waals surface area contributed by atoms with E-state index in [1.807, 2.05) is 6.08 Å². The van der Waals surface area contributed by atoms with Gasteiger partial charge in [0.05, 0.1) is 32.0 Å².